The van der Waals surface area contributed by atoms with Crippen LogP contribution in [0.25, 0.3) is 0 Å². The number of hydrogen-bond donors (Lipinski definition) is 1. The van der Waals surface area contributed by atoms with Gasteiger partial charge in [-0.2, -0.15) is 0 Å². The zero-order chi connectivity index (χ0) is 25.0. The van der Waals surface area contributed by atoms with Gasteiger partial charge in [-0.1, -0.05) is 30.3 Å². The van der Waals surface area contributed by atoms with Gasteiger partial charge >= 0.3 is 6.09 Å². The number of amides is 1. The van der Waals surface area contributed by atoms with Crippen molar-refractivity contribution in [2.45, 2.75) is 51.8 Å². The molecular formula is C27H33N3O4S. The van der Waals surface area contributed by atoms with E-state index in [0.717, 1.165) is 34.7 Å². The van der Waals surface area contributed by atoms with Gasteiger partial charge in [-0.3, -0.25) is 0 Å². The molecule has 2 heterocycles. The first kappa shape index (κ1) is 24.9. The summed E-state index contributed by atoms with van der Waals surface area (Å²) >= 11 is 5.63. The summed E-state index contributed by atoms with van der Waals surface area (Å²) in [5, 5.41) is 0. The standard InChI is InChI=1S/C27H33N3O4S/c1-27(2,3)34-26(31)29(17-19-8-6-5-7-9-19)13-12-21-16-28-25(35)30(21)22-14-20-15-23(32-4)10-11-24(20)33-18-22/h5-11,15-16,22H,12-14,17-18H2,1-4H3,(H,28,35)/t22-/m1/s1. The Labute approximate surface area is 211 Å². The number of aromatic amines is 1. The predicted molar refractivity (Wildman–Crippen MR) is 138 cm³/mol. The number of carbonyl (C=O) groups excluding carboxylic acids is 1. The van der Waals surface area contributed by atoms with Crippen molar-refractivity contribution in [2.24, 2.45) is 0 Å². The number of nitrogens with one attached hydrogen (secondary N) is 1. The maximum absolute atomic E-state index is 13.0. The molecule has 1 aliphatic rings. The summed E-state index contributed by atoms with van der Waals surface area (Å²) in [5.41, 5.74) is 2.60. The van der Waals surface area contributed by atoms with Crippen LogP contribution in [0.2, 0.25) is 0 Å². The second-order valence-electron chi connectivity index (χ2n) is 9.74. The van der Waals surface area contributed by atoms with Gasteiger partial charge in [-0.05, 0) is 62.3 Å². The zero-order valence-electron chi connectivity index (χ0n) is 20.7. The highest BCUT2D eigenvalue weighted by atomic mass is 32.1. The maximum atomic E-state index is 13.0. The van der Waals surface area contributed by atoms with Crippen LogP contribution in [-0.4, -0.2) is 46.4 Å². The van der Waals surface area contributed by atoms with Crippen LogP contribution in [0.1, 0.15) is 43.6 Å². The number of aromatic nitrogens is 2. The molecule has 0 radical (unpaired) electrons. The highest BCUT2D eigenvalue weighted by Gasteiger charge is 2.26. The molecule has 1 atom stereocenters. The Balaban J connectivity index is 1.52. The number of ether oxygens (including phenoxy) is 3. The topological polar surface area (TPSA) is 68.7 Å². The lowest BCUT2D eigenvalue weighted by Crippen LogP contribution is -2.38. The van der Waals surface area contributed by atoms with E-state index in [1.807, 2.05) is 75.5 Å². The minimum absolute atomic E-state index is 0.0486. The molecule has 1 aromatic heterocycles. The molecule has 7 nitrogen and oxygen atoms in total. The van der Waals surface area contributed by atoms with Gasteiger partial charge in [-0.25, -0.2) is 4.79 Å². The summed E-state index contributed by atoms with van der Waals surface area (Å²) in [7, 11) is 1.66. The molecule has 1 amide bonds. The normalized spacial score (nSPS) is 15.1. The molecule has 0 spiro atoms. The number of carbonyl (C=O) groups is 1. The quantitative estimate of drug-likeness (QED) is 0.425. The van der Waals surface area contributed by atoms with E-state index in [1.54, 1.807) is 12.0 Å². The summed E-state index contributed by atoms with van der Waals surface area (Å²) in [5.74, 6) is 1.68. The average molecular weight is 496 g/mol. The Morgan fingerprint density at radius 3 is 2.71 bits per heavy atom. The van der Waals surface area contributed by atoms with E-state index >= 15 is 0 Å². The van der Waals surface area contributed by atoms with E-state index in [-0.39, 0.29) is 12.1 Å². The molecule has 8 heteroatoms. The zero-order valence-corrected chi connectivity index (χ0v) is 21.6. The Morgan fingerprint density at radius 2 is 2.00 bits per heavy atom. The Morgan fingerprint density at radius 1 is 1.23 bits per heavy atom. The van der Waals surface area contributed by atoms with Crippen molar-refractivity contribution in [1.82, 2.24) is 14.5 Å². The lowest BCUT2D eigenvalue weighted by Gasteiger charge is -2.29. The highest BCUT2D eigenvalue weighted by molar-refractivity contribution is 7.71. The third-order valence-electron chi connectivity index (χ3n) is 5.92. The Bertz CT molecular complexity index is 1210. The van der Waals surface area contributed by atoms with Gasteiger partial charge in [0.2, 0.25) is 0 Å². The number of nitrogens with zero attached hydrogens (tertiary/aromatic N) is 2. The molecule has 0 fully saturated rings. The van der Waals surface area contributed by atoms with Crippen LogP contribution in [0.15, 0.2) is 54.7 Å². The molecule has 1 aliphatic heterocycles. The summed E-state index contributed by atoms with van der Waals surface area (Å²) in [4.78, 5) is 17.9. The first-order valence-electron chi connectivity index (χ1n) is 11.8. The Kier molecular flexibility index (Phi) is 7.50. The van der Waals surface area contributed by atoms with Crippen LogP contribution in [0, 0.1) is 4.77 Å². The molecule has 1 N–H and O–H groups in total. The minimum atomic E-state index is -0.568. The van der Waals surface area contributed by atoms with Crippen molar-refractivity contribution < 1.29 is 19.0 Å². The van der Waals surface area contributed by atoms with Crippen molar-refractivity contribution in [2.75, 3.05) is 20.3 Å². The monoisotopic (exact) mass is 495 g/mol. The molecule has 3 aromatic rings. The van der Waals surface area contributed by atoms with Crippen LogP contribution >= 0.6 is 12.2 Å². The second kappa shape index (κ2) is 10.6. The van der Waals surface area contributed by atoms with E-state index in [4.69, 9.17) is 26.4 Å². The van der Waals surface area contributed by atoms with Crippen LogP contribution < -0.4 is 9.47 Å². The SMILES string of the molecule is COc1ccc2c(c1)C[C@@H](n1c(CCN(Cc3ccccc3)C(=O)OC(C)(C)C)c[nH]c1=S)CO2. The molecule has 0 unspecified atom stereocenters. The molecule has 0 saturated carbocycles. The second-order valence-corrected chi connectivity index (χ2v) is 10.1. The summed E-state index contributed by atoms with van der Waals surface area (Å²) in [6, 6.07) is 15.9. The van der Waals surface area contributed by atoms with Crippen molar-refractivity contribution in [3.8, 4) is 11.5 Å². The highest BCUT2D eigenvalue weighted by Crippen LogP contribution is 2.33. The van der Waals surface area contributed by atoms with E-state index in [1.165, 1.54) is 0 Å². The van der Waals surface area contributed by atoms with E-state index in [0.29, 0.717) is 30.9 Å². The maximum Gasteiger partial charge on any atom is 0.410 e. The molecule has 35 heavy (non-hydrogen) atoms. The molecule has 0 aliphatic carbocycles. The van der Waals surface area contributed by atoms with Gasteiger partial charge in [0, 0.05) is 37.8 Å². The average Bonchev–Trinajstić information content (AvgIpc) is 3.20. The Hall–Kier alpha value is -3.26. The largest absolute Gasteiger partial charge is 0.497 e. The smallest absolute Gasteiger partial charge is 0.410 e. The number of rotatable bonds is 7. The summed E-state index contributed by atoms with van der Waals surface area (Å²) < 4.78 is 19.9. The minimum Gasteiger partial charge on any atom is -0.497 e. The van der Waals surface area contributed by atoms with E-state index in [9.17, 15) is 4.79 Å². The number of fused-ring (bicyclic) bond motifs is 1. The predicted octanol–water partition coefficient (Wildman–Crippen LogP) is 5.71. The molecular weight excluding hydrogens is 462 g/mol. The molecule has 0 bridgehead atoms. The lowest BCUT2D eigenvalue weighted by molar-refractivity contribution is 0.0234. The van der Waals surface area contributed by atoms with Gasteiger partial charge in [0.15, 0.2) is 4.77 Å². The first-order chi connectivity index (χ1) is 16.7. The lowest BCUT2D eigenvalue weighted by atomic mass is 10.0. The third kappa shape index (κ3) is 6.25. The first-order valence-corrected chi connectivity index (χ1v) is 12.2. The van der Waals surface area contributed by atoms with Crippen molar-refractivity contribution >= 4 is 18.3 Å². The van der Waals surface area contributed by atoms with Gasteiger partial charge < -0.3 is 28.7 Å². The fourth-order valence-corrected chi connectivity index (χ4v) is 4.60. The van der Waals surface area contributed by atoms with Gasteiger partial charge in [0.25, 0.3) is 0 Å². The number of benzene rings is 2. The summed E-state index contributed by atoms with van der Waals surface area (Å²) in [6.45, 7) is 7.13. The number of imidazole rings is 1. The molecule has 0 saturated heterocycles. The third-order valence-corrected chi connectivity index (χ3v) is 6.23. The number of methoxy groups -OCH3 is 1. The number of H-pyrrole nitrogens is 1. The van der Waals surface area contributed by atoms with Gasteiger partial charge in [-0.15, -0.1) is 0 Å². The van der Waals surface area contributed by atoms with Crippen molar-refractivity contribution in [3.05, 3.63) is 76.3 Å². The summed E-state index contributed by atoms with van der Waals surface area (Å²) in [6.07, 6.45) is 3.01. The van der Waals surface area contributed by atoms with Crippen LogP contribution in [0.3, 0.4) is 0 Å². The molecule has 2 aromatic carbocycles. The van der Waals surface area contributed by atoms with E-state index < -0.39 is 5.60 Å². The van der Waals surface area contributed by atoms with Gasteiger partial charge in [0.1, 0.15) is 23.7 Å². The van der Waals surface area contributed by atoms with Crippen LogP contribution in [-0.2, 0) is 24.1 Å². The van der Waals surface area contributed by atoms with Crippen molar-refractivity contribution in [3.63, 3.8) is 0 Å². The molecule has 186 valence electrons. The van der Waals surface area contributed by atoms with Crippen LogP contribution in [0.4, 0.5) is 4.79 Å². The molecule has 4 rings (SSSR count). The van der Waals surface area contributed by atoms with E-state index in [2.05, 4.69) is 9.55 Å². The van der Waals surface area contributed by atoms with Crippen molar-refractivity contribution in [1.29, 1.82) is 0 Å². The fourth-order valence-electron chi connectivity index (χ4n) is 4.27. The fraction of sp³-hybridized carbons (Fsp3) is 0.407. The number of hydrogen-bond acceptors (Lipinski definition) is 5. The van der Waals surface area contributed by atoms with Gasteiger partial charge in [0.05, 0.1) is 13.2 Å². The van der Waals surface area contributed by atoms with Crippen LogP contribution in [0.5, 0.6) is 11.5 Å².